The van der Waals surface area contributed by atoms with E-state index in [0.717, 1.165) is 12.1 Å². The van der Waals surface area contributed by atoms with Crippen LogP contribution in [0.5, 0.6) is 0 Å². The summed E-state index contributed by atoms with van der Waals surface area (Å²) in [5.41, 5.74) is 0.943. The van der Waals surface area contributed by atoms with Crippen LogP contribution in [0.1, 0.15) is 31.9 Å². The van der Waals surface area contributed by atoms with Crippen LogP contribution < -0.4 is 5.32 Å². The first-order valence-electron chi connectivity index (χ1n) is 6.96. The molecule has 1 aliphatic rings. The van der Waals surface area contributed by atoms with Crippen molar-refractivity contribution in [2.24, 2.45) is 0 Å². The van der Waals surface area contributed by atoms with Gasteiger partial charge in [0.2, 0.25) is 0 Å². The summed E-state index contributed by atoms with van der Waals surface area (Å²) >= 11 is 0. The lowest BCUT2D eigenvalue weighted by Gasteiger charge is -2.35. The Morgan fingerprint density at radius 2 is 1.95 bits per heavy atom. The standard InChI is InChI=1S/C15H24N2O2S/c1-15(2,17(3)4)11-16-13-9-10-20(18,19)14-8-6-5-7-12(13)14/h5-8,13,16H,9-11H2,1-4H3. The van der Waals surface area contributed by atoms with Crippen LogP contribution in [0.25, 0.3) is 0 Å². The van der Waals surface area contributed by atoms with Gasteiger partial charge in [-0.2, -0.15) is 0 Å². The number of nitrogens with zero attached hydrogens (tertiary/aromatic N) is 1. The van der Waals surface area contributed by atoms with Crippen molar-refractivity contribution in [3.8, 4) is 0 Å². The maximum Gasteiger partial charge on any atom is 0.178 e. The van der Waals surface area contributed by atoms with Crippen molar-refractivity contribution in [2.45, 2.75) is 36.7 Å². The van der Waals surface area contributed by atoms with Gasteiger partial charge in [-0.1, -0.05) is 18.2 Å². The smallest absolute Gasteiger partial charge is 0.178 e. The zero-order chi connectivity index (χ0) is 15.0. The third-order valence-electron chi connectivity index (χ3n) is 4.30. The van der Waals surface area contributed by atoms with Gasteiger partial charge in [0.05, 0.1) is 10.6 Å². The van der Waals surface area contributed by atoms with Gasteiger partial charge in [-0.25, -0.2) is 8.42 Å². The van der Waals surface area contributed by atoms with Crippen molar-refractivity contribution < 1.29 is 8.42 Å². The minimum atomic E-state index is -3.10. The Balaban J connectivity index is 2.20. The molecule has 5 heteroatoms. The minimum absolute atomic E-state index is 0.0330. The van der Waals surface area contributed by atoms with Crippen LogP contribution in [0.3, 0.4) is 0 Å². The molecular weight excluding hydrogens is 272 g/mol. The summed E-state index contributed by atoms with van der Waals surface area (Å²) in [7, 11) is 1.02. The molecule has 0 saturated heterocycles. The van der Waals surface area contributed by atoms with Gasteiger partial charge in [-0.05, 0) is 46.0 Å². The van der Waals surface area contributed by atoms with Gasteiger partial charge in [0, 0.05) is 18.1 Å². The molecule has 0 fully saturated rings. The molecule has 1 heterocycles. The van der Waals surface area contributed by atoms with E-state index in [1.807, 2.05) is 12.1 Å². The van der Waals surface area contributed by atoms with Gasteiger partial charge >= 0.3 is 0 Å². The summed E-state index contributed by atoms with van der Waals surface area (Å²) in [6.45, 7) is 5.16. The van der Waals surface area contributed by atoms with Gasteiger partial charge in [-0.3, -0.25) is 0 Å². The van der Waals surface area contributed by atoms with E-state index in [1.54, 1.807) is 12.1 Å². The summed E-state index contributed by atoms with van der Waals surface area (Å²) in [6, 6.07) is 7.46. The molecule has 0 radical (unpaired) electrons. The van der Waals surface area contributed by atoms with E-state index < -0.39 is 9.84 Å². The highest BCUT2D eigenvalue weighted by atomic mass is 32.2. The zero-order valence-electron chi connectivity index (χ0n) is 12.7. The second-order valence-electron chi connectivity index (χ2n) is 6.29. The number of benzene rings is 1. The minimum Gasteiger partial charge on any atom is -0.308 e. The third-order valence-corrected chi connectivity index (χ3v) is 6.11. The van der Waals surface area contributed by atoms with Gasteiger partial charge < -0.3 is 10.2 Å². The molecule has 4 nitrogen and oxygen atoms in total. The molecule has 2 rings (SSSR count). The summed E-state index contributed by atoms with van der Waals surface area (Å²) in [6.07, 6.45) is 0.642. The lowest BCUT2D eigenvalue weighted by Crippen LogP contribution is -2.48. The van der Waals surface area contributed by atoms with Crippen LogP contribution in [0.2, 0.25) is 0 Å². The van der Waals surface area contributed by atoms with Crippen LogP contribution in [0.15, 0.2) is 29.2 Å². The average Bonchev–Trinajstić information content (AvgIpc) is 2.38. The Bertz CT molecular complexity index is 579. The van der Waals surface area contributed by atoms with Gasteiger partial charge in [0.15, 0.2) is 9.84 Å². The summed E-state index contributed by atoms with van der Waals surface area (Å²) in [5, 5.41) is 3.53. The Morgan fingerprint density at radius 3 is 2.60 bits per heavy atom. The first-order valence-corrected chi connectivity index (χ1v) is 8.62. The number of nitrogens with one attached hydrogen (secondary N) is 1. The molecule has 1 aromatic carbocycles. The molecule has 0 aromatic heterocycles. The Kier molecular flexibility index (Phi) is 4.23. The van der Waals surface area contributed by atoms with Crippen LogP contribution in [-0.4, -0.2) is 45.2 Å². The van der Waals surface area contributed by atoms with Crippen LogP contribution >= 0.6 is 0 Å². The number of hydrogen-bond donors (Lipinski definition) is 1. The fourth-order valence-corrected chi connectivity index (χ4v) is 3.95. The second-order valence-corrected chi connectivity index (χ2v) is 8.36. The van der Waals surface area contributed by atoms with Crippen molar-refractivity contribution in [3.05, 3.63) is 29.8 Å². The van der Waals surface area contributed by atoms with Crippen molar-refractivity contribution in [1.82, 2.24) is 10.2 Å². The van der Waals surface area contributed by atoms with Crippen LogP contribution in [0.4, 0.5) is 0 Å². The highest BCUT2D eigenvalue weighted by Gasteiger charge is 2.31. The first kappa shape index (κ1) is 15.5. The third kappa shape index (κ3) is 3.05. The maximum atomic E-state index is 12.1. The summed E-state index contributed by atoms with van der Waals surface area (Å²) in [5.74, 6) is 0.226. The van der Waals surface area contributed by atoms with Gasteiger partial charge in [0.25, 0.3) is 0 Å². The summed E-state index contributed by atoms with van der Waals surface area (Å²) in [4.78, 5) is 2.66. The number of hydrogen-bond acceptors (Lipinski definition) is 4. The number of rotatable bonds is 4. The Labute approximate surface area is 122 Å². The number of likely N-dealkylation sites (N-methyl/N-ethyl adjacent to an activating group) is 1. The van der Waals surface area contributed by atoms with Crippen LogP contribution in [0, 0.1) is 0 Å². The van der Waals surface area contributed by atoms with Crippen LogP contribution in [-0.2, 0) is 9.84 Å². The van der Waals surface area contributed by atoms with Crippen molar-refractivity contribution in [2.75, 3.05) is 26.4 Å². The molecule has 1 aliphatic heterocycles. The molecule has 0 aliphatic carbocycles. The molecule has 1 atom stereocenters. The molecule has 112 valence electrons. The Hall–Kier alpha value is -0.910. The SMILES string of the molecule is CN(C)C(C)(C)CNC1CCS(=O)(=O)c2ccccc21. The van der Waals surface area contributed by atoms with E-state index in [9.17, 15) is 8.42 Å². The van der Waals surface area contributed by atoms with Crippen molar-refractivity contribution in [1.29, 1.82) is 0 Å². The fourth-order valence-electron chi connectivity index (χ4n) is 2.33. The van der Waals surface area contributed by atoms with E-state index in [1.165, 1.54) is 0 Å². The fraction of sp³-hybridized carbons (Fsp3) is 0.600. The van der Waals surface area contributed by atoms with E-state index in [-0.39, 0.29) is 17.3 Å². The lowest BCUT2D eigenvalue weighted by molar-refractivity contribution is 0.183. The molecule has 1 N–H and O–H groups in total. The van der Waals surface area contributed by atoms with E-state index in [0.29, 0.717) is 11.3 Å². The monoisotopic (exact) mass is 296 g/mol. The molecule has 0 amide bonds. The molecule has 0 spiro atoms. The molecule has 1 unspecified atom stereocenters. The first-order chi connectivity index (χ1) is 9.24. The predicted octanol–water partition coefficient (Wildman–Crippen LogP) is 1.83. The number of fused-ring (bicyclic) bond motifs is 1. The summed E-state index contributed by atoms with van der Waals surface area (Å²) < 4.78 is 24.2. The van der Waals surface area contributed by atoms with Crippen molar-refractivity contribution in [3.63, 3.8) is 0 Å². The normalized spacial score (nSPS) is 21.8. The number of sulfone groups is 1. The quantitative estimate of drug-likeness (QED) is 0.921. The average molecular weight is 296 g/mol. The largest absolute Gasteiger partial charge is 0.308 e. The Morgan fingerprint density at radius 1 is 1.30 bits per heavy atom. The van der Waals surface area contributed by atoms with E-state index in [4.69, 9.17) is 0 Å². The van der Waals surface area contributed by atoms with Gasteiger partial charge in [-0.15, -0.1) is 0 Å². The molecule has 1 aromatic rings. The van der Waals surface area contributed by atoms with Crippen molar-refractivity contribution >= 4 is 9.84 Å². The van der Waals surface area contributed by atoms with E-state index in [2.05, 4.69) is 38.2 Å². The highest BCUT2D eigenvalue weighted by molar-refractivity contribution is 7.91. The van der Waals surface area contributed by atoms with E-state index >= 15 is 0 Å². The highest BCUT2D eigenvalue weighted by Crippen LogP contribution is 2.32. The molecule has 0 saturated carbocycles. The lowest BCUT2D eigenvalue weighted by atomic mass is 10.00. The molecular formula is C15H24N2O2S. The topological polar surface area (TPSA) is 49.4 Å². The predicted molar refractivity (Wildman–Crippen MR) is 81.6 cm³/mol. The second kappa shape index (κ2) is 5.47. The molecule has 20 heavy (non-hydrogen) atoms. The van der Waals surface area contributed by atoms with Gasteiger partial charge in [0.1, 0.15) is 0 Å². The molecule has 0 bridgehead atoms. The maximum absolute atomic E-state index is 12.1. The zero-order valence-corrected chi connectivity index (χ0v) is 13.5.